The summed E-state index contributed by atoms with van der Waals surface area (Å²) >= 11 is 0. The van der Waals surface area contributed by atoms with E-state index >= 15 is 0 Å². The van der Waals surface area contributed by atoms with Crippen molar-refractivity contribution in [1.29, 1.82) is 0 Å². The monoisotopic (exact) mass is 501 g/mol. The third-order valence-electron chi connectivity index (χ3n) is 5.93. The second-order valence-corrected chi connectivity index (χ2v) is 11.4. The number of para-hydroxylation sites is 1. The van der Waals surface area contributed by atoms with Crippen molar-refractivity contribution in [3.63, 3.8) is 0 Å². The fourth-order valence-electron chi connectivity index (χ4n) is 4.07. The second-order valence-electron chi connectivity index (χ2n) is 9.52. The highest BCUT2D eigenvalue weighted by Crippen LogP contribution is 2.29. The van der Waals surface area contributed by atoms with E-state index in [-0.39, 0.29) is 31.0 Å². The number of benzene rings is 2. The number of hydrogen-bond donors (Lipinski definition) is 1. The molecule has 35 heavy (non-hydrogen) atoms. The van der Waals surface area contributed by atoms with Gasteiger partial charge in [-0.3, -0.25) is 13.9 Å². The number of nitrogens with zero attached hydrogens (tertiary/aromatic N) is 2. The number of nitrogens with one attached hydrogen (secondary N) is 1. The summed E-state index contributed by atoms with van der Waals surface area (Å²) in [5.41, 5.74) is 3.22. The van der Waals surface area contributed by atoms with Crippen LogP contribution in [-0.2, 0) is 26.2 Å². The van der Waals surface area contributed by atoms with Crippen LogP contribution in [0, 0.1) is 6.92 Å². The quantitative estimate of drug-likeness (QED) is 0.500. The smallest absolute Gasteiger partial charge is 0.244 e. The minimum absolute atomic E-state index is 0.0637. The first kappa shape index (κ1) is 28.4. The molecule has 2 rings (SSSR count). The molecule has 0 saturated heterocycles. The summed E-state index contributed by atoms with van der Waals surface area (Å²) in [6, 6.07) is 14.1. The van der Waals surface area contributed by atoms with Gasteiger partial charge < -0.3 is 10.2 Å². The van der Waals surface area contributed by atoms with Crippen LogP contribution < -0.4 is 9.62 Å². The summed E-state index contributed by atoms with van der Waals surface area (Å²) in [4.78, 5) is 28.4. The summed E-state index contributed by atoms with van der Waals surface area (Å²) in [6.07, 6.45) is 1.50. The molecule has 0 spiro atoms. The lowest BCUT2D eigenvalue weighted by Gasteiger charge is -2.34. The Balaban J connectivity index is 2.52. The molecule has 0 aromatic heterocycles. The van der Waals surface area contributed by atoms with Crippen molar-refractivity contribution in [3.8, 4) is 0 Å². The van der Waals surface area contributed by atoms with Crippen LogP contribution in [0.15, 0.2) is 48.5 Å². The molecule has 2 aromatic carbocycles. The van der Waals surface area contributed by atoms with Crippen molar-refractivity contribution < 1.29 is 18.0 Å². The number of rotatable bonds is 11. The molecule has 8 heteroatoms. The largest absolute Gasteiger partial charge is 0.352 e. The van der Waals surface area contributed by atoms with Crippen molar-refractivity contribution in [1.82, 2.24) is 10.2 Å². The molecule has 0 unspecified atom stereocenters. The van der Waals surface area contributed by atoms with Crippen LogP contribution in [0.25, 0.3) is 0 Å². The van der Waals surface area contributed by atoms with Gasteiger partial charge in [-0.1, -0.05) is 63.2 Å². The molecule has 0 saturated carbocycles. The molecule has 0 aliphatic rings. The minimum Gasteiger partial charge on any atom is -0.352 e. The molecule has 1 atom stereocenters. The third-order valence-corrected chi connectivity index (χ3v) is 7.05. The van der Waals surface area contributed by atoms with E-state index in [1.807, 2.05) is 77.9 Å². The van der Waals surface area contributed by atoms with Crippen LogP contribution in [0.4, 0.5) is 5.69 Å². The molecule has 0 fully saturated rings. The summed E-state index contributed by atoms with van der Waals surface area (Å²) in [5.74, 6) is -0.616. The standard InChI is InChI=1S/C27H39N3O4S/c1-8-24(27(32)28-20(4)5)29(17-22-14-10-9-13-21(22)6)26(31)18-30(35(7,33)34)25-16-12-11-15-23(25)19(2)3/h9-16,19-20,24H,8,17-18H2,1-7H3,(H,28,32)/t24-/m0/s1. The van der Waals surface area contributed by atoms with Gasteiger partial charge in [-0.05, 0) is 55.9 Å². The van der Waals surface area contributed by atoms with Crippen molar-refractivity contribution in [2.75, 3.05) is 17.1 Å². The topological polar surface area (TPSA) is 86.8 Å². The number of aryl methyl sites for hydroxylation is 1. The third kappa shape index (κ3) is 7.56. The molecule has 0 heterocycles. The molecule has 7 nitrogen and oxygen atoms in total. The van der Waals surface area contributed by atoms with Crippen molar-refractivity contribution >= 4 is 27.5 Å². The van der Waals surface area contributed by atoms with Gasteiger partial charge >= 0.3 is 0 Å². The zero-order valence-corrected chi connectivity index (χ0v) is 22.7. The Morgan fingerprint density at radius 2 is 1.57 bits per heavy atom. The SMILES string of the molecule is CC[C@@H](C(=O)NC(C)C)N(Cc1ccccc1C)C(=O)CN(c1ccccc1C(C)C)S(C)(=O)=O. The maximum Gasteiger partial charge on any atom is 0.244 e. The Labute approximate surface area is 210 Å². The van der Waals surface area contributed by atoms with Gasteiger partial charge in [0.2, 0.25) is 21.8 Å². The van der Waals surface area contributed by atoms with Gasteiger partial charge in [-0.25, -0.2) is 8.42 Å². The Morgan fingerprint density at radius 3 is 2.11 bits per heavy atom. The number of sulfonamides is 1. The maximum atomic E-state index is 13.8. The van der Waals surface area contributed by atoms with E-state index < -0.39 is 22.0 Å². The van der Waals surface area contributed by atoms with E-state index in [4.69, 9.17) is 0 Å². The van der Waals surface area contributed by atoms with Crippen molar-refractivity contribution in [2.45, 2.75) is 72.5 Å². The molecule has 0 aliphatic heterocycles. The van der Waals surface area contributed by atoms with E-state index in [0.717, 1.165) is 27.3 Å². The fraction of sp³-hybridized carbons (Fsp3) is 0.481. The van der Waals surface area contributed by atoms with Gasteiger partial charge in [-0.15, -0.1) is 0 Å². The number of carbonyl (C=O) groups is 2. The predicted molar refractivity (Wildman–Crippen MR) is 142 cm³/mol. The average Bonchev–Trinajstić information content (AvgIpc) is 2.77. The van der Waals surface area contributed by atoms with Crippen LogP contribution in [0.5, 0.6) is 0 Å². The highest BCUT2D eigenvalue weighted by Gasteiger charge is 2.32. The van der Waals surface area contributed by atoms with Gasteiger partial charge in [0, 0.05) is 12.6 Å². The van der Waals surface area contributed by atoms with E-state index in [9.17, 15) is 18.0 Å². The van der Waals surface area contributed by atoms with Gasteiger partial charge in [0.1, 0.15) is 12.6 Å². The lowest BCUT2D eigenvalue weighted by Crippen LogP contribution is -2.53. The molecule has 1 N–H and O–H groups in total. The zero-order chi connectivity index (χ0) is 26.3. The predicted octanol–water partition coefficient (Wildman–Crippen LogP) is 4.22. The lowest BCUT2D eigenvalue weighted by molar-refractivity contribution is -0.140. The lowest BCUT2D eigenvalue weighted by atomic mass is 10.0. The molecule has 0 radical (unpaired) electrons. The highest BCUT2D eigenvalue weighted by molar-refractivity contribution is 7.92. The number of amides is 2. The van der Waals surface area contributed by atoms with Gasteiger partial charge in [0.25, 0.3) is 0 Å². The molecule has 0 bridgehead atoms. The second kappa shape index (κ2) is 12.2. The molecular weight excluding hydrogens is 462 g/mol. The summed E-state index contributed by atoms with van der Waals surface area (Å²) < 4.78 is 26.9. The Kier molecular flexibility index (Phi) is 9.89. The van der Waals surface area contributed by atoms with E-state index in [2.05, 4.69) is 5.32 Å². The van der Waals surface area contributed by atoms with Gasteiger partial charge in [0.05, 0.1) is 11.9 Å². The zero-order valence-electron chi connectivity index (χ0n) is 21.9. The van der Waals surface area contributed by atoms with E-state index in [0.29, 0.717) is 12.1 Å². The van der Waals surface area contributed by atoms with E-state index in [1.165, 1.54) is 4.90 Å². The van der Waals surface area contributed by atoms with Gasteiger partial charge in [-0.2, -0.15) is 0 Å². The van der Waals surface area contributed by atoms with Crippen LogP contribution in [0.1, 0.15) is 63.6 Å². The van der Waals surface area contributed by atoms with Crippen molar-refractivity contribution in [2.24, 2.45) is 0 Å². The molecule has 2 amide bonds. The fourth-order valence-corrected chi connectivity index (χ4v) is 4.94. The number of carbonyl (C=O) groups excluding carboxylic acids is 2. The normalized spacial score (nSPS) is 12.5. The Morgan fingerprint density at radius 1 is 0.971 bits per heavy atom. The Hall–Kier alpha value is -2.87. The first-order valence-electron chi connectivity index (χ1n) is 12.1. The number of anilines is 1. The molecule has 0 aliphatic carbocycles. The first-order valence-corrected chi connectivity index (χ1v) is 13.9. The van der Waals surface area contributed by atoms with Crippen molar-refractivity contribution in [3.05, 3.63) is 65.2 Å². The number of hydrogen-bond acceptors (Lipinski definition) is 4. The summed E-state index contributed by atoms with van der Waals surface area (Å²) in [6.45, 7) is 11.3. The summed E-state index contributed by atoms with van der Waals surface area (Å²) in [5, 5.41) is 2.90. The van der Waals surface area contributed by atoms with Crippen LogP contribution in [0.2, 0.25) is 0 Å². The average molecular weight is 502 g/mol. The van der Waals surface area contributed by atoms with Crippen LogP contribution >= 0.6 is 0 Å². The van der Waals surface area contributed by atoms with Crippen LogP contribution in [-0.4, -0.2) is 50.0 Å². The minimum atomic E-state index is -3.77. The highest BCUT2D eigenvalue weighted by atomic mass is 32.2. The molecule has 2 aromatic rings. The molecule has 192 valence electrons. The van der Waals surface area contributed by atoms with E-state index in [1.54, 1.807) is 12.1 Å². The maximum absolute atomic E-state index is 13.8. The summed E-state index contributed by atoms with van der Waals surface area (Å²) in [7, 11) is -3.77. The molecular formula is C27H39N3O4S. The van der Waals surface area contributed by atoms with Crippen LogP contribution in [0.3, 0.4) is 0 Å². The Bertz CT molecular complexity index is 1130. The van der Waals surface area contributed by atoms with Gasteiger partial charge in [0.15, 0.2) is 0 Å². The first-order chi connectivity index (χ1) is 16.4.